The molecule has 0 aliphatic carbocycles. The molecule has 0 aromatic carbocycles. The van der Waals surface area contributed by atoms with Gasteiger partial charge in [0.15, 0.2) is 0 Å². The van der Waals surface area contributed by atoms with E-state index in [2.05, 4.69) is 10.6 Å². The molecule has 3 atom stereocenters. The number of rotatable bonds is 16. The third-order valence-electron chi connectivity index (χ3n) is 4.07. The van der Waals surface area contributed by atoms with Gasteiger partial charge in [0.2, 0.25) is 29.5 Å². The van der Waals surface area contributed by atoms with Gasteiger partial charge in [-0.1, -0.05) is 6.42 Å². The predicted molar refractivity (Wildman–Crippen MR) is 108 cm³/mol. The van der Waals surface area contributed by atoms with E-state index >= 15 is 0 Å². The molecule has 0 saturated carbocycles. The first-order valence-corrected chi connectivity index (χ1v) is 9.60. The van der Waals surface area contributed by atoms with E-state index in [0.717, 1.165) is 0 Å². The normalized spacial score (nSPS) is 13.4. The predicted octanol–water partition coefficient (Wildman–Crippen LogP) is -4.25. The molecule has 0 fully saturated rings. The lowest BCUT2D eigenvalue weighted by molar-refractivity contribution is -0.138. The van der Waals surface area contributed by atoms with Gasteiger partial charge in [0.05, 0.1) is 12.5 Å². The molecule has 0 saturated heterocycles. The summed E-state index contributed by atoms with van der Waals surface area (Å²) in [5, 5.41) is 15.3. The molecular weight excluding hydrogens is 414 g/mol. The molecule has 31 heavy (non-hydrogen) atoms. The van der Waals surface area contributed by atoms with Gasteiger partial charge >= 0.3 is 5.97 Å². The number of primary amides is 2. The highest BCUT2D eigenvalue weighted by molar-refractivity contribution is 5.95. The molecule has 176 valence electrons. The Bertz CT molecular complexity index is 671. The smallest absolute Gasteiger partial charge is 0.322 e. The molecule has 0 rings (SSSR count). The Morgan fingerprint density at radius 1 is 0.806 bits per heavy atom. The largest absolute Gasteiger partial charge is 0.480 e. The number of nitrogens with one attached hydrogen (secondary N) is 3. The standard InChI is InChI=1S/C17H31N7O7/c18-6-2-1-3-9(19)15(29)23-10(4-5-12(20)25)17(31)24-11(7-13(21)26)16(30)22-8-14(27)28/h9-11H,1-8,18-19H2,(H2,20,25)(H2,21,26)(H,22,30)(H,23,29)(H,24,31)(H,27,28). The Balaban J connectivity index is 5.25. The molecular formula is C17H31N7O7. The number of nitrogens with two attached hydrogens (primary N) is 4. The number of carbonyl (C=O) groups is 6. The highest BCUT2D eigenvalue weighted by atomic mass is 16.4. The molecule has 0 bridgehead atoms. The van der Waals surface area contributed by atoms with E-state index in [1.165, 1.54) is 0 Å². The van der Waals surface area contributed by atoms with Crippen LogP contribution in [0.3, 0.4) is 0 Å². The van der Waals surface area contributed by atoms with E-state index in [-0.39, 0.29) is 12.8 Å². The van der Waals surface area contributed by atoms with Crippen LogP contribution in [0, 0.1) is 0 Å². The van der Waals surface area contributed by atoms with Gasteiger partial charge < -0.3 is 44.0 Å². The second kappa shape index (κ2) is 14.7. The minimum Gasteiger partial charge on any atom is -0.480 e. The van der Waals surface area contributed by atoms with Crippen LogP contribution in [0.1, 0.15) is 38.5 Å². The van der Waals surface area contributed by atoms with Crippen LogP contribution in [0.5, 0.6) is 0 Å². The van der Waals surface area contributed by atoms with E-state index in [1.54, 1.807) is 0 Å². The van der Waals surface area contributed by atoms with Crippen molar-refractivity contribution in [3.8, 4) is 0 Å². The number of hydrogen-bond donors (Lipinski definition) is 8. The van der Waals surface area contributed by atoms with Crippen molar-refractivity contribution < 1.29 is 33.9 Å². The SMILES string of the molecule is NCCCCC(N)C(=O)NC(CCC(N)=O)C(=O)NC(CC(N)=O)C(=O)NCC(=O)O. The van der Waals surface area contributed by atoms with Crippen molar-refractivity contribution in [1.29, 1.82) is 0 Å². The number of carboxylic acid groups (broad SMARTS) is 1. The van der Waals surface area contributed by atoms with Crippen molar-refractivity contribution in [1.82, 2.24) is 16.0 Å². The number of hydrogen-bond acceptors (Lipinski definition) is 8. The van der Waals surface area contributed by atoms with Gasteiger partial charge in [0.1, 0.15) is 18.6 Å². The molecule has 0 aromatic heterocycles. The zero-order valence-electron chi connectivity index (χ0n) is 17.1. The molecule has 5 amide bonds. The average molecular weight is 445 g/mol. The average Bonchev–Trinajstić information content (AvgIpc) is 2.67. The van der Waals surface area contributed by atoms with Crippen molar-refractivity contribution in [2.75, 3.05) is 13.1 Å². The quantitative estimate of drug-likeness (QED) is 0.107. The molecule has 14 nitrogen and oxygen atoms in total. The number of carboxylic acids is 1. The first-order valence-electron chi connectivity index (χ1n) is 9.60. The van der Waals surface area contributed by atoms with Crippen LogP contribution < -0.4 is 38.9 Å². The Morgan fingerprint density at radius 3 is 1.94 bits per heavy atom. The Hall–Kier alpha value is -3.26. The molecule has 3 unspecified atom stereocenters. The topological polar surface area (TPSA) is 263 Å². The van der Waals surface area contributed by atoms with Gasteiger partial charge in [-0.15, -0.1) is 0 Å². The fourth-order valence-electron chi connectivity index (χ4n) is 2.44. The Labute approximate surface area is 178 Å². The molecule has 12 N–H and O–H groups in total. The van der Waals surface area contributed by atoms with Gasteiger partial charge in [-0.05, 0) is 25.8 Å². The summed E-state index contributed by atoms with van der Waals surface area (Å²) in [7, 11) is 0. The van der Waals surface area contributed by atoms with Crippen molar-refractivity contribution >= 4 is 35.5 Å². The summed E-state index contributed by atoms with van der Waals surface area (Å²) in [6, 6.07) is -3.71. The minimum absolute atomic E-state index is 0.192. The number of carbonyl (C=O) groups excluding carboxylic acids is 5. The van der Waals surface area contributed by atoms with Crippen LogP contribution in [-0.2, 0) is 28.8 Å². The van der Waals surface area contributed by atoms with E-state index in [4.69, 9.17) is 28.0 Å². The summed E-state index contributed by atoms with van der Waals surface area (Å²) in [6.07, 6.45) is 0.497. The summed E-state index contributed by atoms with van der Waals surface area (Å²) >= 11 is 0. The minimum atomic E-state index is -1.49. The maximum Gasteiger partial charge on any atom is 0.322 e. The molecule has 0 aliphatic heterocycles. The monoisotopic (exact) mass is 445 g/mol. The Morgan fingerprint density at radius 2 is 1.42 bits per heavy atom. The Kier molecular flexibility index (Phi) is 13.1. The summed E-state index contributed by atoms with van der Waals surface area (Å²) < 4.78 is 0. The second-order valence-corrected chi connectivity index (χ2v) is 6.80. The summed E-state index contributed by atoms with van der Waals surface area (Å²) in [5.41, 5.74) is 21.3. The van der Waals surface area contributed by atoms with Gasteiger partial charge in [-0.25, -0.2) is 0 Å². The zero-order valence-corrected chi connectivity index (χ0v) is 17.1. The lowest BCUT2D eigenvalue weighted by Crippen LogP contribution is -2.56. The van der Waals surface area contributed by atoms with Crippen LogP contribution in [0.25, 0.3) is 0 Å². The van der Waals surface area contributed by atoms with E-state index in [0.29, 0.717) is 25.8 Å². The lowest BCUT2D eigenvalue weighted by Gasteiger charge is -2.23. The van der Waals surface area contributed by atoms with Crippen molar-refractivity contribution in [3.63, 3.8) is 0 Å². The van der Waals surface area contributed by atoms with E-state index in [1.807, 2.05) is 5.32 Å². The van der Waals surface area contributed by atoms with Gasteiger partial charge in [0.25, 0.3) is 0 Å². The third-order valence-corrected chi connectivity index (χ3v) is 4.07. The highest BCUT2D eigenvalue weighted by Crippen LogP contribution is 2.03. The molecule has 0 spiro atoms. The van der Waals surface area contributed by atoms with Crippen LogP contribution in [0.2, 0.25) is 0 Å². The number of amides is 5. The van der Waals surface area contributed by atoms with Crippen LogP contribution in [-0.4, -0.2) is 71.8 Å². The summed E-state index contributed by atoms with van der Waals surface area (Å²) in [6.45, 7) is -0.313. The molecule has 0 radical (unpaired) electrons. The second-order valence-electron chi connectivity index (χ2n) is 6.80. The first-order chi connectivity index (χ1) is 14.5. The van der Waals surface area contributed by atoms with Crippen LogP contribution >= 0.6 is 0 Å². The first kappa shape index (κ1) is 27.7. The third kappa shape index (κ3) is 12.8. The van der Waals surface area contributed by atoms with E-state index in [9.17, 15) is 28.8 Å². The fraction of sp³-hybridized carbons (Fsp3) is 0.647. The number of aliphatic carboxylic acids is 1. The van der Waals surface area contributed by atoms with Gasteiger partial charge in [-0.3, -0.25) is 28.8 Å². The highest BCUT2D eigenvalue weighted by Gasteiger charge is 2.29. The lowest BCUT2D eigenvalue weighted by atomic mass is 10.1. The molecule has 0 aliphatic rings. The molecule has 0 aromatic rings. The number of unbranched alkanes of at least 4 members (excludes halogenated alkanes) is 1. The van der Waals surface area contributed by atoms with Crippen molar-refractivity contribution in [2.45, 2.75) is 56.7 Å². The molecule has 0 heterocycles. The van der Waals surface area contributed by atoms with Crippen molar-refractivity contribution in [3.05, 3.63) is 0 Å². The van der Waals surface area contributed by atoms with Gasteiger partial charge in [0, 0.05) is 6.42 Å². The van der Waals surface area contributed by atoms with Crippen LogP contribution in [0.15, 0.2) is 0 Å². The summed E-state index contributed by atoms with van der Waals surface area (Å²) in [4.78, 5) is 69.9. The van der Waals surface area contributed by atoms with Crippen LogP contribution in [0.4, 0.5) is 0 Å². The maximum atomic E-state index is 12.6. The fourth-order valence-corrected chi connectivity index (χ4v) is 2.44. The molecule has 14 heteroatoms. The zero-order chi connectivity index (χ0) is 24.0. The maximum absolute atomic E-state index is 12.6. The van der Waals surface area contributed by atoms with Gasteiger partial charge in [-0.2, -0.15) is 0 Å². The van der Waals surface area contributed by atoms with Crippen molar-refractivity contribution in [2.24, 2.45) is 22.9 Å². The van der Waals surface area contributed by atoms with E-state index < -0.39 is 66.6 Å². The summed E-state index contributed by atoms with van der Waals surface area (Å²) in [5.74, 6) is -5.53.